The van der Waals surface area contributed by atoms with Crippen molar-refractivity contribution in [3.8, 4) is 0 Å². The van der Waals surface area contributed by atoms with E-state index in [2.05, 4.69) is 29.0 Å². The lowest BCUT2D eigenvalue weighted by Crippen LogP contribution is -2.38. The summed E-state index contributed by atoms with van der Waals surface area (Å²) in [5.74, 6) is 0.232. The Morgan fingerprint density at radius 1 is 1.40 bits per heavy atom. The molecule has 1 aromatic carbocycles. The first-order valence-electron chi connectivity index (χ1n) is 8.34. The van der Waals surface area contributed by atoms with Gasteiger partial charge in [0.2, 0.25) is 0 Å². The summed E-state index contributed by atoms with van der Waals surface area (Å²) in [7, 11) is 0. The van der Waals surface area contributed by atoms with Crippen LogP contribution < -0.4 is 5.32 Å². The fourth-order valence-corrected chi connectivity index (χ4v) is 4.29. The highest BCUT2D eigenvalue weighted by Gasteiger charge is 2.22. The van der Waals surface area contributed by atoms with E-state index in [1.54, 1.807) is 0 Å². The van der Waals surface area contributed by atoms with Crippen LogP contribution in [-0.4, -0.2) is 28.9 Å². The highest BCUT2D eigenvalue weighted by molar-refractivity contribution is 7.14. The molecule has 1 saturated heterocycles. The number of likely N-dealkylation sites (tertiary alicyclic amines) is 1. The lowest BCUT2D eigenvalue weighted by atomic mass is 9.92. The van der Waals surface area contributed by atoms with Gasteiger partial charge in [-0.3, -0.25) is 15.0 Å². The molecule has 3 rings (SSSR count). The highest BCUT2D eigenvalue weighted by Crippen LogP contribution is 2.24. The molecule has 0 bridgehead atoms. The number of carbonyl (C=O) groups excluding carboxylic acids is 1. The van der Waals surface area contributed by atoms with Gasteiger partial charge < -0.3 is 0 Å². The maximum atomic E-state index is 13.8. The third-order valence-corrected chi connectivity index (χ3v) is 5.32. The van der Waals surface area contributed by atoms with Crippen molar-refractivity contribution in [2.24, 2.45) is 11.8 Å². The van der Waals surface area contributed by atoms with Crippen molar-refractivity contribution >= 4 is 34.0 Å². The van der Waals surface area contributed by atoms with E-state index in [0.717, 1.165) is 25.3 Å². The molecular weight excluding hydrogens is 361 g/mol. The minimum absolute atomic E-state index is 0.0806. The van der Waals surface area contributed by atoms with E-state index in [1.807, 2.05) is 5.38 Å². The Morgan fingerprint density at radius 2 is 2.12 bits per heavy atom. The lowest BCUT2D eigenvalue weighted by Gasteiger charge is -2.34. The summed E-state index contributed by atoms with van der Waals surface area (Å²) in [5.41, 5.74) is 0.844. The minimum atomic E-state index is -0.602. The highest BCUT2D eigenvalue weighted by atomic mass is 35.5. The van der Waals surface area contributed by atoms with Crippen molar-refractivity contribution in [3.63, 3.8) is 0 Å². The first kappa shape index (κ1) is 18.3. The quantitative estimate of drug-likeness (QED) is 0.837. The van der Waals surface area contributed by atoms with Crippen molar-refractivity contribution in [1.29, 1.82) is 0 Å². The SMILES string of the molecule is CC1CC(C)CN(Cc2csc(NC(=O)c3cc(Cl)ccc3F)n2)C1. The zero-order valence-corrected chi connectivity index (χ0v) is 15.8. The van der Waals surface area contributed by atoms with Gasteiger partial charge in [0.05, 0.1) is 11.3 Å². The molecule has 2 aromatic rings. The van der Waals surface area contributed by atoms with Gasteiger partial charge in [-0.2, -0.15) is 0 Å². The Balaban J connectivity index is 1.63. The molecule has 0 aliphatic carbocycles. The predicted molar refractivity (Wildman–Crippen MR) is 99.7 cm³/mol. The van der Waals surface area contributed by atoms with Crippen LogP contribution in [0, 0.1) is 17.7 Å². The Kier molecular flexibility index (Phi) is 5.71. The van der Waals surface area contributed by atoms with E-state index in [-0.39, 0.29) is 5.56 Å². The van der Waals surface area contributed by atoms with Crippen LogP contribution in [0.2, 0.25) is 5.02 Å². The maximum absolute atomic E-state index is 13.8. The average molecular weight is 382 g/mol. The topological polar surface area (TPSA) is 45.2 Å². The monoisotopic (exact) mass is 381 g/mol. The zero-order valence-electron chi connectivity index (χ0n) is 14.3. The molecule has 0 spiro atoms. The maximum Gasteiger partial charge on any atom is 0.260 e. The molecule has 0 radical (unpaired) electrons. The molecule has 134 valence electrons. The van der Waals surface area contributed by atoms with Crippen molar-refractivity contribution in [2.45, 2.75) is 26.8 Å². The number of aromatic nitrogens is 1. The number of benzene rings is 1. The van der Waals surface area contributed by atoms with Gasteiger partial charge in [0.15, 0.2) is 5.13 Å². The molecule has 1 aliphatic rings. The summed E-state index contributed by atoms with van der Waals surface area (Å²) < 4.78 is 13.8. The van der Waals surface area contributed by atoms with E-state index >= 15 is 0 Å². The van der Waals surface area contributed by atoms with Crippen molar-refractivity contribution in [3.05, 3.63) is 45.7 Å². The molecule has 2 heterocycles. The van der Waals surface area contributed by atoms with Gasteiger partial charge in [-0.1, -0.05) is 25.4 Å². The summed E-state index contributed by atoms with van der Waals surface area (Å²) in [4.78, 5) is 19.1. The molecule has 7 heteroatoms. The van der Waals surface area contributed by atoms with Gasteiger partial charge in [-0.25, -0.2) is 9.37 Å². The van der Waals surface area contributed by atoms with Crippen LogP contribution in [0.5, 0.6) is 0 Å². The number of carbonyl (C=O) groups is 1. The van der Waals surface area contributed by atoms with Gasteiger partial charge in [0.1, 0.15) is 5.82 Å². The Bertz CT molecular complexity index is 757. The summed E-state index contributed by atoms with van der Waals surface area (Å²) in [6.45, 7) is 7.45. The number of nitrogens with zero attached hydrogens (tertiary/aromatic N) is 2. The molecule has 1 aromatic heterocycles. The third-order valence-electron chi connectivity index (χ3n) is 4.28. The largest absolute Gasteiger partial charge is 0.298 e. The summed E-state index contributed by atoms with van der Waals surface area (Å²) >= 11 is 7.18. The second kappa shape index (κ2) is 7.81. The summed E-state index contributed by atoms with van der Waals surface area (Å²) in [6.07, 6.45) is 1.26. The number of nitrogens with one attached hydrogen (secondary N) is 1. The van der Waals surface area contributed by atoms with Gasteiger partial charge in [0.25, 0.3) is 5.91 Å². The number of anilines is 1. The van der Waals surface area contributed by atoms with Gasteiger partial charge >= 0.3 is 0 Å². The van der Waals surface area contributed by atoms with E-state index in [1.165, 1.54) is 36.0 Å². The molecular formula is C18H21ClFN3OS. The zero-order chi connectivity index (χ0) is 18.0. The fourth-order valence-electron chi connectivity index (χ4n) is 3.42. The fraction of sp³-hybridized carbons (Fsp3) is 0.444. The van der Waals surface area contributed by atoms with Crippen molar-refractivity contribution in [1.82, 2.24) is 9.88 Å². The predicted octanol–water partition coefficient (Wildman–Crippen LogP) is 4.67. The number of amides is 1. The van der Waals surface area contributed by atoms with Crippen molar-refractivity contribution < 1.29 is 9.18 Å². The molecule has 4 nitrogen and oxygen atoms in total. The molecule has 25 heavy (non-hydrogen) atoms. The van der Waals surface area contributed by atoms with Crippen LogP contribution in [0.25, 0.3) is 0 Å². The number of thiazole rings is 1. The number of hydrogen-bond acceptors (Lipinski definition) is 4. The standard InChI is InChI=1S/C18H21ClFN3OS/c1-11-5-12(2)8-23(7-11)9-14-10-25-18(21-14)22-17(24)15-6-13(19)3-4-16(15)20/h3-4,6,10-12H,5,7-9H2,1-2H3,(H,21,22,24). The second-order valence-electron chi connectivity index (χ2n) is 6.86. The number of halogens is 2. The molecule has 2 unspecified atom stereocenters. The molecule has 2 atom stereocenters. The normalized spacial score (nSPS) is 21.3. The first-order valence-corrected chi connectivity index (χ1v) is 9.59. The van der Waals surface area contributed by atoms with Gasteiger partial charge in [-0.05, 0) is 36.5 Å². The van der Waals surface area contributed by atoms with Gasteiger partial charge in [-0.15, -0.1) is 11.3 Å². The minimum Gasteiger partial charge on any atom is -0.298 e. The molecule has 0 saturated carbocycles. The molecule has 1 N–H and O–H groups in total. The van der Waals surface area contributed by atoms with Crippen LogP contribution in [0.4, 0.5) is 9.52 Å². The Hall–Kier alpha value is -1.50. The first-order chi connectivity index (χ1) is 11.9. The van der Waals surface area contributed by atoms with E-state index < -0.39 is 11.7 Å². The van der Waals surface area contributed by atoms with E-state index in [9.17, 15) is 9.18 Å². The number of rotatable bonds is 4. The molecule has 1 aliphatic heterocycles. The molecule has 1 amide bonds. The van der Waals surface area contributed by atoms with Crippen molar-refractivity contribution in [2.75, 3.05) is 18.4 Å². The van der Waals surface area contributed by atoms with E-state index in [0.29, 0.717) is 22.0 Å². The average Bonchev–Trinajstić information content (AvgIpc) is 2.95. The van der Waals surface area contributed by atoms with E-state index in [4.69, 9.17) is 11.6 Å². The van der Waals surface area contributed by atoms with Crippen LogP contribution in [0.15, 0.2) is 23.6 Å². The van der Waals surface area contributed by atoms with Crippen LogP contribution in [-0.2, 0) is 6.54 Å². The molecule has 1 fully saturated rings. The van der Waals surface area contributed by atoms with Crippen LogP contribution in [0.1, 0.15) is 36.3 Å². The smallest absolute Gasteiger partial charge is 0.260 e. The van der Waals surface area contributed by atoms with Gasteiger partial charge in [0, 0.05) is 30.0 Å². The Morgan fingerprint density at radius 3 is 2.84 bits per heavy atom. The van der Waals surface area contributed by atoms with Crippen LogP contribution >= 0.6 is 22.9 Å². The number of hydrogen-bond donors (Lipinski definition) is 1. The Labute approximate surface area is 156 Å². The lowest BCUT2D eigenvalue weighted by molar-refractivity contribution is 0.102. The van der Waals surface area contributed by atoms with Crippen LogP contribution in [0.3, 0.4) is 0 Å². The second-order valence-corrected chi connectivity index (χ2v) is 8.16. The third kappa shape index (κ3) is 4.77. The number of piperidine rings is 1. The summed E-state index contributed by atoms with van der Waals surface area (Å²) in [5, 5.41) is 5.38. The summed E-state index contributed by atoms with van der Waals surface area (Å²) in [6, 6.07) is 3.91.